The monoisotopic (exact) mass is 327 g/mol. The zero-order valence-corrected chi connectivity index (χ0v) is 14.7. The summed E-state index contributed by atoms with van der Waals surface area (Å²) >= 11 is 0. The van der Waals surface area contributed by atoms with Gasteiger partial charge in [-0.3, -0.25) is 4.98 Å². The van der Waals surface area contributed by atoms with E-state index in [0.717, 1.165) is 36.1 Å². The van der Waals surface area contributed by atoms with E-state index in [0.29, 0.717) is 18.2 Å². The van der Waals surface area contributed by atoms with Gasteiger partial charge in [-0.2, -0.15) is 0 Å². The quantitative estimate of drug-likeness (QED) is 0.808. The smallest absolute Gasteiger partial charge is 0.341 e. The number of nitrogens with zero attached hydrogens (tertiary/aromatic N) is 3. The number of benzene rings is 1. The van der Waals surface area contributed by atoms with Crippen LogP contribution in [0.25, 0.3) is 10.9 Å². The molecule has 0 radical (unpaired) electrons. The number of fused-ring (bicyclic) bond motifs is 1. The molecule has 5 heteroatoms. The SMILES string of the molecule is CCOC(=O)c1cnc2ccccc2c1N1CCCC(N(C)C)C1. The van der Waals surface area contributed by atoms with Gasteiger partial charge in [0.1, 0.15) is 5.56 Å². The molecule has 3 rings (SSSR count). The van der Waals surface area contributed by atoms with Crippen LogP contribution in [0, 0.1) is 0 Å². The number of hydrogen-bond acceptors (Lipinski definition) is 5. The Morgan fingerprint density at radius 1 is 1.38 bits per heavy atom. The predicted molar refractivity (Wildman–Crippen MR) is 96.6 cm³/mol. The zero-order valence-electron chi connectivity index (χ0n) is 14.7. The van der Waals surface area contributed by atoms with Crippen molar-refractivity contribution >= 4 is 22.6 Å². The van der Waals surface area contributed by atoms with Crippen LogP contribution in [0.5, 0.6) is 0 Å². The maximum absolute atomic E-state index is 12.5. The van der Waals surface area contributed by atoms with Crippen LogP contribution in [0.3, 0.4) is 0 Å². The molecule has 1 unspecified atom stereocenters. The minimum absolute atomic E-state index is 0.294. The lowest BCUT2D eigenvalue weighted by Crippen LogP contribution is -2.45. The maximum atomic E-state index is 12.5. The van der Waals surface area contributed by atoms with Gasteiger partial charge in [-0.05, 0) is 39.9 Å². The fourth-order valence-electron chi connectivity index (χ4n) is 3.41. The van der Waals surface area contributed by atoms with E-state index in [1.54, 1.807) is 6.20 Å². The van der Waals surface area contributed by atoms with Crippen LogP contribution in [0.2, 0.25) is 0 Å². The minimum Gasteiger partial charge on any atom is -0.462 e. The highest BCUT2D eigenvalue weighted by Crippen LogP contribution is 2.32. The van der Waals surface area contributed by atoms with Crippen molar-refractivity contribution in [1.82, 2.24) is 9.88 Å². The van der Waals surface area contributed by atoms with E-state index < -0.39 is 0 Å². The number of pyridine rings is 1. The first-order chi connectivity index (χ1) is 11.6. The van der Waals surface area contributed by atoms with Crippen LogP contribution in [0.15, 0.2) is 30.5 Å². The number of carbonyl (C=O) groups excluding carboxylic acids is 1. The number of carbonyl (C=O) groups is 1. The van der Waals surface area contributed by atoms with E-state index in [2.05, 4.69) is 28.9 Å². The van der Waals surface area contributed by atoms with Crippen molar-refractivity contribution in [3.05, 3.63) is 36.0 Å². The molecule has 1 saturated heterocycles. The van der Waals surface area contributed by atoms with Gasteiger partial charge in [-0.25, -0.2) is 4.79 Å². The van der Waals surface area contributed by atoms with Crippen molar-refractivity contribution in [2.75, 3.05) is 38.7 Å². The van der Waals surface area contributed by atoms with Gasteiger partial charge in [0.05, 0.1) is 17.8 Å². The second-order valence-electron chi connectivity index (χ2n) is 6.46. The number of esters is 1. The molecule has 1 aromatic carbocycles. The first kappa shape index (κ1) is 16.7. The molecule has 1 aliphatic rings. The summed E-state index contributed by atoms with van der Waals surface area (Å²) < 4.78 is 5.27. The number of rotatable bonds is 4. The van der Waals surface area contributed by atoms with Crippen molar-refractivity contribution in [3.8, 4) is 0 Å². The zero-order chi connectivity index (χ0) is 17.1. The van der Waals surface area contributed by atoms with Crippen LogP contribution < -0.4 is 4.90 Å². The summed E-state index contributed by atoms with van der Waals surface area (Å²) in [5.41, 5.74) is 2.44. The molecule has 2 aromatic rings. The van der Waals surface area contributed by atoms with Gasteiger partial charge < -0.3 is 14.5 Å². The standard InChI is InChI=1S/C19H25N3O2/c1-4-24-19(23)16-12-20-17-10-6-5-9-15(17)18(16)22-11-7-8-14(13-22)21(2)3/h5-6,9-10,12,14H,4,7-8,11,13H2,1-3H3. The highest BCUT2D eigenvalue weighted by Gasteiger charge is 2.27. The highest BCUT2D eigenvalue weighted by atomic mass is 16.5. The van der Waals surface area contributed by atoms with E-state index in [1.165, 1.54) is 6.42 Å². The molecule has 1 aliphatic heterocycles. The van der Waals surface area contributed by atoms with Crippen LogP contribution in [0.1, 0.15) is 30.1 Å². The lowest BCUT2D eigenvalue weighted by Gasteiger charge is -2.38. The van der Waals surface area contributed by atoms with E-state index >= 15 is 0 Å². The van der Waals surface area contributed by atoms with E-state index in [1.807, 2.05) is 31.2 Å². The summed E-state index contributed by atoms with van der Waals surface area (Å²) in [7, 11) is 4.23. The van der Waals surface area contributed by atoms with E-state index in [-0.39, 0.29) is 5.97 Å². The molecule has 0 aliphatic carbocycles. The molecule has 128 valence electrons. The van der Waals surface area contributed by atoms with Gasteiger partial charge in [0, 0.05) is 30.7 Å². The Morgan fingerprint density at radius 3 is 2.92 bits per heavy atom. The molecule has 5 nitrogen and oxygen atoms in total. The Kier molecular flexibility index (Phi) is 5.00. The number of likely N-dealkylation sites (N-methyl/N-ethyl adjacent to an activating group) is 1. The lowest BCUT2D eigenvalue weighted by atomic mass is 10.0. The second-order valence-corrected chi connectivity index (χ2v) is 6.46. The second kappa shape index (κ2) is 7.18. The summed E-state index contributed by atoms with van der Waals surface area (Å²) in [6.45, 7) is 4.05. The van der Waals surface area contributed by atoms with Gasteiger partial charge in [-0.15, -0.1) is 0 Å². The molecule has 1 fully saturated rings. The van der Waals surface area contributed by atoms with Gasteiger partial charge in [0.15, 0.2) is 0 Å². The molecule has 0 amide bonds. The largest absolute Gasteiger partial charge is 0.462 e. The third-order valence-corrected chi connectivity index (χ3v) is 4.69. The first-order valence-electron chi connectivity index (χ1n) is 8.58. The normalized spacial score (nSPS) is 18.2. The fourth-order valence-corrected chi connectivity index (χ4v) is 3.41. The number of para-hydroxylation sites is 1. The topological polar surface area (TPSA) is 45.7 Å². The van der Waals surface area contributed by atoms with Crippen LogP contribution >= 0.6 is 0 Å². The molecular weight excluding hydrogens is 302 g/mol. The van der Waals surface area contributed by atoms with Crippen molar-refractivity contribution in [2.24, 2.45) is 0 Å². The van der Waals surface area contributed by atoms with Crippen LogP contribution in [-0.2, 0) is 4.74 Å². The average Bonchev–Trinajstić information content (AvgIpc) is 2.61. The number of ether oxygens (including phenoxy) is 1. The molecule has 0 N–H and O–H groups in total. The molecule has 1 aromatic heterocycles. The summed E-state index contributed by atoms with van der Waals surface area (Å²) in [6.07, 6.45) is 3.96. The third-order valence-electron chi connectivity index (χ3n) is 4.69. The van der Waals surface area contributed by atoms with Gasteiger partial charge in [-0.1, -0.05) is 18.2 Å². The van der Waals surface area contributed by atoms with E-state index in [9.17, 15) is 4.79 Å². The number of aromatic nitrogens is 1. The highest BCUT2D eigenvalue weighted by molar-refractivity contribution is 6.05. The number of hydrogen-bond donors (Lipinski definition) is 0. The Hall–Kier alpha value is -2.14. The Balaban J connectivity index is 2.09. The van der Waals surface area contributed by atoms with Crippen LogP contribution in [0.4, 0.5) is 5.69 Å². The predicted octanol–water partition coefficient (Wildman–Crippen LogP) is 2.94. The third kappa shape index (κ3) is 3.22. The fraction of sp³-hybridized carbons (Fsp3) is 0.474. The van der Waals surface area contributed by atoms with E-state index in [4.69, 9.17) is 4.74 Å². The van der Waals surface area contributed by atoms with Crippen LogP contribution in [-0.4, -0.2) is 55.7 Å². The molecule has 1 atom stereocenters. The molecular formula is C19H25N3O2. The van der Waals surface area contributed by atoms with Gasteiger partial charge in [0.2, 0.25) is 0 Å². The molecule has 0 saturated carbocycles. The average molecular weight is 327 g/mol. The Labute approximate surface area is 143 Å². The summed E-state index contributed by atoms with van der Waals surface area (Å²) in [4.78, 5) is 21.5. The molecule has 24 heavy (non-hydrogen) atoms. The van der Waals surface area contributed by atoms with Crippen molar-refractivity contribution in [3.63, 3.8) is 0 Å². The van der Waals surface area contributed by atoms with Gasteiger partial charge >= 0.3 is 5.97 Å². The number of anilines is 1. The first-order valence-corrected chi connectivity index (χ1v) is 8.58. The summed E-state index contributed by atoms with van der Waals surface area (Å²) in [5, 5.41) is 1.02. The van der Waals surface area contributed by atoms with Crippen molar-refractivity contribution < 1.29 is 9.53 Å². The maximum Gasteiger partial charge on any atom is 0.341 e. The van der Waals surface area contributed by atoms with Crippen molar-refractivity contribution in [2.45, 2.75) is 25.8 Å². The molecule has 2 heterocycles. The van der Waals surface area contributed by atoms with Gasteiger partial charge in [0.25, 0.3) is 0 Å². The van der Waals surface area contributed by atoms with Crippen molar-refractivity contribution in [1.29, 1.82) is 0 Å². The Bertz CT molecular complexity index is 730. The summed E-state index contributed by atoms with van der Waals surface area (Å²) in [6, 6.07) is 8.49. The molecule has 0 bridgehead atoms. The lowest BCUT2D eigenvalue weighted by molar-refractivity contribution is 0.0526. The minimum atomic E-state index is -0.294. The Morgan fingerprint density at radius 2 is 2.17 bits per heavy atom. The molecule has 0 spiro atoms. The number of piperidine rings is 1. The summed E-state index contributed by atoms with van der Waals surface area (Å²) in [5.74, 6) is -0.294.